The van der Waals surface area contributed by atoms with Gasteiger partial charge < -0.3 is 15.3 Å². The van der Waals surface area contributed by atoms with Crippen molar-refractivity contribution >= 4 is 11.6 Å². The number of anilines is 1. The maximum absolute atomic E-state index is 11.9. The summed E-state index contributed by atoms with van der Waals surface area (Å²) in [6.45, 7) is 2.53. The molecule has 1 aliphatic rings. The van der Waals surface area contributed by atoms with E-state index >= 15 is 0 Å². The fourth-order valence-electron chi connectivity index (χ4n) is 2.60. The molecule has 2 rings (SSSR count). The van der Waals surface area contributed by atoms with Gasteiger partial charge in [-0.05, 0) is 44.5 Å². The third-order valence-electron chi connectivity index (χ3n) is 3.68. The van der Waals surface area contributed by atoms with Gasteiger partial charge in [-0.2, -0.15) is 5.26 Å². The predicted molar refractivity (Wildman–Crippen MR) is 80.7 cm³/mol. The summed E-state index contributed by atoms with van der Waals surface area (Å²) in [6, 6.07) is 9.05. The molecule has 0 spiro atoms. The molecule has 1 aromatic rings. The molecule has 21 heavy (non-hydrogen) atoms. The number of benzene rings is 1. The van der Waals surface area contributed by atoms with E-state index in [0.29, 0.717) is 24.2 Å². The molecule has 5 heteroatoms. The molecule has 1 aromatic carbocycles. The highest BCUT2D eigenvalue weighted by molar-refractivity contribution is 5.92. The minimum absolute atomic E-state index is 0.0738. The number of para-hydroxylation sites is 1. The summed E-state index contributed by atoms with van der Waals surface area (Å²) in [5.41, 5.74) is 1.04. The van der Waals surface area contributed by atoms with Crippen molar-refractivity contribution in [1.82, 2.24) is 4.90 Å². The van der Waals surface area contributed by atoms with Gasteiger partial charge in [0.25, 0.3) is 0 Å². The first-order chi connectivity index (χ1) is 10.2. The Kier molecular flexibility index (Phi) is 5.73. The van der Waals surface area contributed by atoms with E-state index in [9.17, 15) is 9.90 Å². The molecule has 0 aromatic heterocycles. The van der Waals surface area contributed by atoms with Crippen LogP contribution in [0.2, 0.25) is 0 Å². The van der Waals surface area contributed by atoms with E-state index in [1.807, 2.05) is 0 Å². The number of hydrogen-bond donors (Lipinski definition) is 2. The second kappa shape index (κ2) is 7.77. The SMILES string of the molecule is N#Cc1ccccc1NC(=O)CCCN1CCCC(O)C1. The number of amides is 1. The second-order valence-corrected chi connectivity index (χ2v) is 5.41. The van der Waals surface area contributed by atoms with Crippen LogP contribution in [0.25, 0.3) is 0 Å². The summed E-state index contributed by atoms with van der Waals surface area (Å²) in [7, 11) is 0. The lowest BCUT2D eigenvalue weighted by atomic mass is 10.1. The van der Waals surface area contributed by atoms with Crippen molar-refractivity contribution < 1.29 is 9.90 Å². The number of carbonyl (C=O) groups excluding carboxylic acids is 1. The number of β-amino-alcohol motifs (C(OH)–C–C–N with tert-alkyl or cyclic N) is 1. The molecule has 1 unspecified atom stereocenters. The van der Waals surface area contributed by atoms with Gasteiger partial charge in [0.15, 0.2) is 0 Å². The lowest BCUT2D eigenvalue weighted by Crippen LogP contribution is -2.38. The van der Waals surface area contributed by atoms with Crippen LogP contribution >= 0.6 is 0 Å². The van der Waals surface area contributed by atoms with Gasteiger partial charge in [0, 0.05) is 13.0 Å². The zero-order valence-electron chi connectivity index (χ0n) is 12.1. The van der Waals surface area contributed by atoms with Crippen LogP contribution in [-0.4, -0.2) is 41.7 Å². The van der Waals surface area contributed by atoms with Crippen molar-refractivity contribution in [3.05, 3.63) is 29.8 Å². The molecule has 1 saturated heterocycles. The molecule has 0 aliphatic carbocycles. The molecule has 0 bridgehead atoms. The fraction of sp³-hybridized carbons (Fsp3) is 0.500. The highest BCUT2D eigenvalue weighted by atomic mass is 16.3. The number of aliphatic hydroxyl groups excluding tert-OH is 1. The Morgan fingerprint density at radius 2 is 2.29 bits per heavy atom. The molecular formula is C16H21N3O2. The summed E-state index contributed by atoms with van der Waals surface area (Å²) < 4.78 is 0. The van der Waals surface area contributed by atoms with Crippen LogP contribution in [-0.2, 0) is 4.79 Å². The van der Waals surface area contributed by atoms with Crippen molar-refractivity contribution in [2.45, 2.75) is 31.8 Å². The number of aliphatic hydroxyl groups is 1. The topological polar surface area (TPSA) is 76.4 Å². The van der Waals surface area contributed by atoms with Gasteiger partial charge >= 0.3 is 0 Å². The number of rotatable bonds is 5. The third kappa shape index (κ3) is 4.85. The van der Waals surface area contributed by atoms with Crippen LogP contribution in [0.5, 0.6) is 0 Å². The zero-order chi connectivity index (χ0) is 15.1. The lowest BCUT2D eigenvalue weighted by Gasteiger charge is -2.29. The van der Waals surface area contributed by atoms with E-state index in [1.165, 1.54) is 0 Å². The summed E-state index contributed by atoms with van der Waals surface area (Å²) in [5.74, 6) is -0.0738. The smallest absolute Gasteiger partial charge is 0.224 e. The van der Waals surface area contributed by atoms with E-state index in [4.69, 9.17) is 5.26 Å². The Bertz CT molecular complexity index is 524. The van der Waals surface area contributed by atoms with Crippen LogP contribution < -0.4 is 5.32 Å². The van der Waals surface area contributed by atoms with E-state index < -0.39 is 0 Å². The first-order valence-electron chi connectivity index (χ1n) is 7.38. The minimum atomic E-state index is -0.227. The van der Waals surface area contributed by atoms with Crippen molar-refractivity contribution in [2.24, 2.45) is 0 Å². The van der Waals surface area contributed by atoms with Crippen LogP contribution in [0.1, 0.15) is 31.2 Å². The normalized spacial score (nSPS) is 19.0. The Morgan fingerprint density at radius 3 is 3.05 bits per heavy atom. The number of nitrogens with zero attached hydrogens (tertiary/aromatic N) is 2. The summed E-state index contributed by atoms with van der Waals surface area (Å²) in [6.07, 6.45) is 2.85. The van der Waals surface area contributed by atoms with Crippen molar-refractivity contribution in [3.63, 3.8) is 0 Å². The van der Waals surface area contributed by atoms with Gasteiger partial charge in [0.05, 0.1) is 17.4 Å². The predicted octanol–water partition coefficient (Wildman–Crippen LogP) is 1.73. The number of carbonyl (C=O) groups is 1. The average Bonchev–Trinajstić information content (AvgIpc) is 2.48. The fourth-order valence-corrected chi connectivity index (χ4v) is 2.60. The van der Waals surface area contributed by atoms with Gasteiger partial charge in [0.2, 0.25) is 5.91 Å². The first kappa shape index (κ1) is 15.5. The molecule has 2 N–H and O–H groups in total. The maximum atomic E-state index is 11.9. The third-order valence-corrected chi connectivity index (χ3v) is 3.68. The van der Waals surface area contributed by atoms with Crippen molar-refractivity contribution in [2.75, 3.05) is 25.0 Å². The Hall–Kier alpha value is -1.90. The molecule has 1 heterocycles. The molecule has 0 radical (unpaired) electrons. The first-order valence-corrected chi connectivity index (χ1v) is 7.38. The molecule has 1 atom stereocenters. The second-order valence-electron chi connectivity index (χ2n) is 5.41. The molecule has 1 aliphatic heterocycles. The largest absolute Gasteiger partial charge is 0.392 e. The van der Waals surface area contributed by atoms with E-state index in [0.717, 1.165) is 32.4 Å². The van der Waals surface area contributed by atoms with Crippen LogP contribution in [0, 0.1) is 11.3 Å². The van der Waals surface area contributed by atoms with Crippen LogP contribution in [0.3, 0.4) is 0 Å². The van der Waals surface area contributed by atoms with E-state index in [1.54, 1.807) is 24.3 Å². The maximum Gasteiger partial charge on any atom is 0.224 e. The van der Waals surface area contributed by atoms with E-state index in [-0.39, 0.29) is 12.0 Å². The van der Waals surface area contributed by atoms with Gasteiger partial charge in [-0.15, -0.1) is 0 Å². The number of nitrogens with one attached hydrogen (secondary N) is 1. The summed E-state index contributed by atoms with van der Waals surface area (Å²) in [5, 5.41) is 21.3. The molecule has 0 saturated carbocycles. The molecular weight excluding hydrogens is 266 g/mol. The van der Waals surface area contributed by atoms with Crippen molar-refractivity contribution in [3.8, 4) is 6.07 Å². The molecule has 112 valence electrons. The van der Waals surface area contributed by atoms with E-state index in [2.05, 4.69) is 16.3 Å². The minimum Gasteiger partial charge on any atom is -0.392 e. The monoisotopic (exact) mass is 287 g/mol. The Labute approximate surface area is 125 Å². The number of likely N-dealkylation sites (tertiary alicyclic amines) is 1. The molecule has 5 nitrogen and oxygen atoms in total. The van der Waals surface area contributed by atoms with Crippen LogP contribution in [0.15, 0.2) is 24.3 Å². The zero-order valence-corrected chi connectivity index (χ0v) is 12.1. The summed E-state index contributed by atoms with van der Waals surface area (Å²) >= 11 is 0. The van der Waals surface area contributed by atoms with Crippen LogP contribution in [0.4, 0.5) is 5.69 Å². The van der Waals surface area contributed by atoms with Gasteiger partial charge in [-0.1, -0.05) is 12.1 Å². The quantitative estimate of drug-likeness (QED) is 0.864. The Morgan fingerprint density at radius 1 is 1.48 bits per heavy atom. The summed E-state index contributed by atoms with van der Waals surface area (Å²) in [4.78, 5) is 14.1. The lowest BCUT2D eigenvalue weighted by molar-refractivity contribution is -0.116. The van der Waals surface area contributed by atoms with Crippen molar-refractivity contribution in [1.29, 1.82) is 5.26 Å². The number of piperidine rings is 1. The van der Waals surface area contributed by atoms with Gasteiger partial charge in [-0.25, -0.2) is 0 Å². The molecule has 1 fully saturated rings. The number of hydrogen-bond acceptors (Lipinski definition) is 4. The number of nitriles is 1. The van der Waals surface area contributed by atoms with Gasteiger partial charge in [0.1, 0.15) is 6.07 Å². The molecule has 1 amide bonds. The highest BCUT2D eigenvalue weighted by Gasteiger charge is 2.17. The standard InChI is InChI=1S/C16H21N3O2/c17-11-13-5-1-2-7-15(13)18-16(21)8-4-10-19-9-3-6-14(20)12-19/h1-2,5,7,14,20H,3-4,6,8-10,12H2,(H,18,21). The Balaban J connectivity index is 1.74. The average molecular weight is 287 g/mol. The van der Waals surface area contributed by atoms with Gasteiger partial charge in [-0.3, -0.25) is 4.79 Å². The highest BCUT2D eigenvalue weighted by Crippen LogP contribution is 2.14.